The molecule has 0 aliphatic rings. The number of rotatable bonds is 3. The van der Waals surface area contributed by atoms with Crippen molar-refractivity contribution in [1.29, 1.82) is 0 Å². The number of carbonyl (C=O) groups excluding carboxylic acids is 1. The first-order valence-corrected chi connectivity index (χ1v) is 5.88. The molecule has 0 aliphatic heterocycles. The van der Waals surface area contributed by atoms with E-state index in [9.17, 15) is 4.79 Å². The quantitative estimate of drug-likeness (QED) is 0.795. The van der Waals surface area contributed by atoms with Crippen LogP contribution in [0, 0.1) is 6.92 Å². The minimum absolute atomic E-state index is 0.214. The molecule has 92 valence electrons. The number of aromatic nitrogens is 1. The van der Waals surface area contributed by atoms with Gasteiger partial charge in [-0.2, -0.15) is 0 Å². The van der Waals surface area contributed by atoms with Gasteiger partial charge in [0.1, 0.15) is 12.3 Å². The van der Waals surface area contributed by atoms with E-state index in [0.717, 1.165) is 11.3 Å². The number of hydrogen-bond donors (Lipinski definition) is 0. The Morgan fingerprint density at radius 3 is 2.61 bits per heavy atom. The normalized spacial score (nSPS) is 10.1. The Bertz CT molecular complexity index is 552. The molecule has 1 aromatic carbocycles. The number of hydrogen-bond acceptors (Lipinski definition) is 3. The van der Waals surface area contributed by atoms with Gasteiger partial charge in [-0.05, 0) is 36.8 Å². The Hall–Kier alpha value is -1.87. The summed E-state index contributed by atoms with van der Waals surface area (Å²) in [7, 11) is 0. The van der Waals surface area contributed by atoms with Gasteiger partial charge in [0.25, 0.3) is 0 Å². The lowest BCUT2D eigenvalue weighted by atomic mass is 10.2. The predicted molar refractivity (Wildman–Crippen MR) is 69.5 cm³/mol. The van der Waals surface area contributed by atoms with E-state index in [2.05, 4.69) is 4.98 Å². The number of esters is 1. The van der Waals surface area contributed by atoms with Gasteiger partial charge in [-0.1, -0.05) is 29.8 Å². The third kappa shape index (κ3) is 3.31. The smallest absolute Gasteiger partial charge is 0.357 e. The van der Waals surface area contributed by atoms with Crippen LogP contribution in [-0.2, 0) is 11.3 Å². The Morgan fingerprint density at radius 1 is 1.22 bits per heavy atom. The van der Waals surface area contributed by atoms with Gasteiger partial charge in [0.2, 0.25) is 0 Å². The van der Waals surface area contributed by atoms with Crippen molar-refractivity contribution in [2.45, 2.75) is 13.5 Å². The molecule has 0 saturated heterocycles. The molecule has 0 N–H and O–H groups in total. The monoisotopic (exact) mass is 261 g/mol. The first-order chi connectivity index (χ1) is 8.65. The summed E-state index contributed by atoms with van der Waals surface area (Å²) in [5.41, 5.74) is 2.00. The van der Waals surface area contributed by atoms with E-state index in [-0.39, 0.29) is 6.61 Å². The number of ether oxygens (including phenoxy) is 1. The van der Waals surface area contributed by atoms with Gasteiger partial charge >= 0.3 is 5.97 Å². The van der Waals surface area contributed by atoms with Crippen molar-refractivity contribution in [3.05, 3.63) is 64.4 Å². The fraction of sp³-hybridized carbons (Fsp3) is 0.143. The van der Waals surface area contributed by atoms with Gasteiger partial charge in [0.15, 0.2) is 0 Å². The number of nitrogens with zero attached hydrogens (tertiary/aromatic N) is 1. The number of benzene rings is 1. The highest BCUT2D eigenvalue weighted by atomic mass is 35.5. The van der Waals surface area contributed by atoms with E-state index in [1.165, 1.54) is 0 Å². The van der Waals surface area contributed by atoms with Gasteiger partial charge < -0.3 is 4.74 Å². The number of pyridine rings is 1. The molecule has 1 aromatic heterocycles. The van der Waals surface area contributed by atoms with Gasteiger partial charge in [-0.25, -0.2) is 9.78 Å². The minimum atomic E-state index is -0.423. The van der Waals surface area contributed by atoms with Crippen molar-refractivity contribution in [3.63, 3.8) is 0 Å². The average Bonchev–Trinajstić information content (AvgIpc) is 2.38. The first kappa shape index (κ1) is 12.6. The molecule has 1 heterocycles. The van der Waals surface area contributed by atoms with Gasteiger partial charge in [-0.15, -0.1) is 0 Å². The second kappa shape index (κ2) is 5.65. The summed E-state index contributed by atoms with van der Waals surface area (Å²) in [6.07, 6.45) is 0. The molecule has 0 amide bonds. The Balaban J connectivity index is 1.98. The van der Waals surface area contributed by atoms with Crippen LogP contribution in [0.2, 0.25) is 5.02 Å². The summed E-state index contributed by atoms with van der Waals surface area (Å²) in [4.78, 5) is 15.8. The second-order valence-corrected chi connectivity index (χ2v) is 4.30. The Morgan fingerprint density at radius 2 is 1.94 bits per heavy atom. The molecule has 0 radical (unpaired) electrons. The van der Waals surface area contributed by atoms with Crippen LogP contribution in [0.5, 0.6) is 0 Å². The largest absolute Gasteiger partial charge is 0.456 e. The second-order valence-electron chi connectivity index (χ2n) is 3.87. The Kier molecular flexibility index (Phi) is 3.95. The minimum Gasteiger partial charge on any atom is -0.456 e. The van der Waals surface area contributed by atoms with Gasteiger partial charge in [0, 0.05) is 10.7 Å². The lowest BCUT2D eigenvalue weighted by Gasteiger charge is -2.05. The van der Waals surface area contributed by atoms with Crippen LogP contribution in [0.1, 0.15) is 21.7 Å². The zero-order valence-corrected chi connectivity index (χ0v) is 10.6. The fourth-order valence-electron chi connectivity index (χ4n) is 1.46. The summed E-state index contributed by atoms with van der Waals surface area (Å²) < 4.78 is 5.16. The fourth-order valence-corrected chi connectivity index (χ4v) is 1.59. The molecule has 3 nitrogen and oxygen atoms in total. The maximum atomic E-state index is 11.7. The van der Waals surface area contributed by atoms with Crippen molar-refractivity contribution in [2.75, 3.05) is 0 Å². The number of aryl methyl sites for hydroxylation is 1. The molecule has 2 rings (SSSR count). The highest BCUT2D eigenvalue weighted by molar-refractivity contribution is 6.30. The third-order valence-electron chi connectivity index (χ3n) is 2.38. The molecule has 18 heavy (non-hydrogen) atoms. The van der Waals surface area contributed by atoms with Crippen LogP contribution in [0.3, 0.4) is 0 Å². The third-order valence-corrected chi connectivity index (χ3v) is 2.63. The molecular formula is C14H12ClNO2. The van der Waals surface area contributed by atoms with Crippen molar-refractivity contribution in [3.8, 4) is 0 Å². The van der Waals surface area contributed by atoms with E-state index in [1.54, 1.807) is 24.3 Å². The molecule has 0 atom stereocenters. The standard InChI is InChI=1S/C14H12ClNO2/c1-10-3-2-4-13(16-10)14(17)18-9-11-5-7-12(15)8-6-11/h2-8H,9H2,1H3. The van der Waals surface area contributed by atoms with Crippen molar-refractivity contribution in [2.24, 2.45) is 0 Å². The van der Waals surface area contributed by atoms with Crippen LogP contribution in [0.15, 0.2) is 42.5 Å². The van der Waals surface area contributed by atoms with Crippen LogP contribution in [0.25, 0.3) is 0 Å². The molecule has 0 unspecified atom stereocenters. The lowest BCUT2D eigenvalue weighted by Crippen LogP contribution is -2.07. The summed E-state index contributed by atoms with van der Waals surface area (Å²) in [5.74, 6) is -0.423. The molecule has 0 spiro atoms. The van der Waals surface area contributed by atoms with E-state index in [4.69, 9.17) is 16.3 Å². The maximum absolute atomic E-state index is 11.7. The first-order valence-electron chi connectivity index (χ1n) is 5.50. The zero-order valence-electron chi connectivity index (χ0n) is 9.89. The molecule has 0 bridgehead atoms. The van der Waals surface area contributed by atoms with Crippen LogP contribution >= 0.6 is 11.6 Å². The van der Waals surface area contributed by atoms with Gasteiger partial charge in [-0.3, -0.25) is 0 Å². The van der Waals surface area contributed by atoms with Crippen molar-refractivity contribution in [1.82, 2.24) is 4.98 Å². The van der Waals surface area contributed by atoms with E-state index in [0.29, 0.717) is 10.7 Å². The summed E-state index contributed by atoms with van der Waals surface area (Å²) in [6, 6.07) is 12.4. The zero-order chi connectivity index (χ0) is 13.0. The molecule has 2 aromatic rings. The van der Waals surface area contributed by atoms with Crippen molar-refractivity contribution >= 4 is 17.6 Å². The average molecular weight is 262 g/mol. The highest BCUT2D eigenvalue weighted by Crippen LogP contribution is 2.11. The van der Waals surface area contributed by atoms with Crippen LogP contribution in [0.4, 0.5) is 0 Å². The summed E-state index contributed by atoms with van der Waals surface area (Å²) >= 11 is 5.77. The summed E-state index contributed by atoms with van der Waals surface area (Å²) in [6.45, 7) is 2.04. The predicted octanol–water partition coefficient (Wildman–Crippen LogP) is 3.40. The topological polar surface area (TPSA) is 39.2 Å². The van der Waals surface area contributed by atoms with Crippen molar-refractivity contribution < 1.29 is 9.53 Å². The molecule has 0 saturated carbocycles. The SMILES string of the molecule is Cc1cccc(C(=O)OCc2ccc(Cl)cc2)n1. The lowest BCUT2D eigenvalue weighted by molar-refractivity contribution is 0.0465. The molecule has 0 aliphatic carbocycles. The Labute approximate surface area is 110 Å². The number of halogens is 1. The maximum Gasteiger partial charge on any atom is 0.357 e. The summed E-state index contributed by atoms with van der Waals surface area (Å²) in [5, 5.41) is 0.658. The van der Waals surface area contributed by atoms with Crippen LogP contribution < -0.4 is 0 Å². The molecule has 4 heteroatoms. The van der Waals surface area contributed by atoms with E-state index in [1.807, 2.05) is 25.1 Å². The van der Waals surface area contributed by atoms with E-state index >= 15 is 0 Å². The highest BCUT2D eigenvalue weighted by Gasteiger charge is 2.08. The van der Waals surface area contributed by atoms with Crippen LogP contribution in [-0.4, -0.2) is 11.0 Å². The number of carbonyl (C=O) groups is 1. The molecular weight excluding hydrogens is 250 g/mol. The van der Waals surface area contributed by atoms with E-state index < -0.39 is 5.97 Å². The molecule has 0 fully saturated rings. The van der Waals surface area contributed by atoms with Gasteiger partial charge in [0.05, 0.1) is 0 Å².